The summed E-state index contributed by atoms with van der Waals surface area (Å²) < 4.78 is 82.1. The van der Waals surface area contributed by atoms with Gasteiger partial charge in [0.2, 0.25) is 0 Å². The molecule has 0 amide bonds. The Kier molecular flexibility index (Phi) is 53.9. The first kappa shape index (κ1) is 57.9. The average Bonchev–Trinajstić information content (AvgIpc) is 3.24. The molecule has 0 aliphatic carbocycles. The summed E-state index contributed by atoms with van der Waals surface area (Å²) in [5.74, 6) is -0.134. The lowest BCUT2D eigenvalue weighted by atomic mass is 10.0. The number of unbranched alkanes of at least 4 members (excludes halogenated alkanes) is 14. The van der Waals surface area contributed by atoms with E-state index < -0.39 is 6.67 Å². The van der Waals surface area contributed by atoms with Crippen LogP contribution in [0.5, 0.6) is 0 Å². The molecule has 59 heavy (non-hydrogen) atoms. The summed E-state index contributed by atoms with van der Waals surface area (Å²) in [6, 6.07) is 0. The Labute approximate surface area is 357 Å². The Balaban J connectivity index is 3.12. The first-order valence-corrected chi connectivity index (χ1v) is 23.0. The lowest BCUT2D eigenvalue weighted by Gasteiger charge is -2.09. The smallest absolute Gasteiger partial charge is 0.305 e. The normalized spacial score (nSPS) is 11.6. The summed E-state index contributed by atoms with van der Waals surface area (Å²) in [4.78, 5) is 11.9. The molecular formula is C44H87FO14. The van der Waals surface area contributed by atoms with Crippen LogP contribution in [0.15, 0.2) is 0 Å². The van der Waals surface area contributed by atoms with Crippen LogP contribution in [0.3, 0.4) is 0 Å². The number of carbonyl (C=O) groups excluding carboxylic acids is 1. The Morgan fingerprint density at radius 3 is 0.729 bits per heavy atom. The van der Waals surface area contributed by atoms with Crippen LogP contribution in [0.2, 0.25) is 0 Å². The number of ether oxygens (including phenoxy) is 13. The van der Waals surface area contributed by atoms with Crippen molar-refractivity contribution in [2.24, 2.45) is 0 Å². The molecule has 0 aromatic heterocycles. The first-order valence-electron chi connectivity index (χ1n) is 23.0. The van der Waals surface area contributed by atoms with Crippen molar-refractivity contribution in [1.29, 1.82) is 0 Å². The minimum Gasteiger partial charge on any atom is -0.463 e. The maximum absolute atomic E-state index is 11.9. The van der Waals surface area contributed by atoms with Crippen molar-refractivity contribution in [2.75, 3.05) is 172 Å². The molecule has 0 atom stereocenters. The van der Waals surface area contributed by atoms with Crippen molar-refractivity contribution < 1.29 is 70.8 Å². The van der Waals surface area contributed by atoms with E-state index in [2.05, 4.69) is 6.92 Å². The minimum absolute atomic E-state index is 0.110. The molecular weight excluding hydrogens is 771 g/mol. The van der Waals surface area contributed by atoms with Gasteiger partial charge < -0.3 is 61.6 Å². The summed E-state index contributed by atoms with van der Waals surface area (Å²) in [5.41, 5.74) is 0. The highest BCUT2D eigenvalue weighted by molar-refractivity contribution is 5.69. The fourth-order valence-corrected chi connectivity index (χ4v) is 5.50. The lowest BCUT2D eigenvalue weighted by molar-refractivity contribution is -0.145. The second kappa shape index (κ2) is 54.9. The Morgan fingerprint density at radius 2 is 0.492 bits per heavy atom. The van der Waals surface area contributed by atoms with Gasteiger partial charge in [-0.1, -0.05) is 96.8 Å². The number of rotatable bonds is 54. The Bertz CT molecular complexity index is 773. The molecule has 0 rings (SSSR count). The largest absolute Gasteiger partial charge is 0.463 e. The van der Waals surface area contributed by atoms with Crippen LogP contribution >= 0.6 is 0 Å². The van der Waals surface area contributed by atoms with Gasteiger partial charge in [0.05, 0.1) is 159 Å². The maximum atomic E-state index is 11.9. The van der Waals surface area contributed by atoms with E-state index in [1.807, 2.05) is 0 Å². The van der Waals surface area contributed by atoms with Gasteiger partial charge >= 0.3 is 5.97 Å². The molecule has 0 N–H and O–H groups in total. The molecule has 0 bridgehead atoms. The van der Waals surface area contributed by atoms with E-state index in [-0.39, 0.29) is 19.2 Å². The van der Waals surface area contributed by atoms with Crippen LogP contribution in [0.1, 0.15) is 110 Å². The summed E-state index contributed by atoms with van der Waals surface area (Å²) in [5, 5.41) is 0. The predicted molar refractivity (Wildman–Crippen MR) is 226 cm³/mol. The average molecular weight is 859 g/mol. The number of esters is 1. The van der Waals surface area contributed by atoms with Gasteiger partial charge in [0, 0.05) is 6.42 Å². The zero-order valence-corrected chi connectivity index (χ0v) is 37.3. The van der Waals surface area contributed by atoms with Crippen LogP contribution < -0.4 is 0 Å². The summed E-state index contributed by atoms with van der Waals surface area (Å²) in [6.07, 6.45) is 20.2. The predicted octanol–water partition coefficient (Wildman–Crippen LogP) is 6.96. The zero-order valence-electron chi connectivity index (χ0n) is 37.3. The van der Waals surface area contributed by atoms with Crippen molar-refractivity contribution in [3.05, 3.63) is 0 Å². The van der Waals surface area contributed by atoms with Crippen LogP contribution in [-0.2, 0) is 66.4 Å². The number of hydrogen-bond acceptors (Lipinski definition) is 14. The van der Waals surface area contributed by atoms with E-state index in [1.54, 1.807) is 0 Å². The standard InChI is InChI=1S/C44H87FO14/c1-2-3-4-5-6-7-8-9-10-11-12-13-14-15-16-17-44(46)59-43-42-58-41-40-57-39-38-56-37-36-55-35-34-54-33-32-53-31-30-52-29-28-51-27-26-50-25-24-49-23-22-48-21-20-47-19-18-45/h2-43H2,1H3. The van der Waals surface area contributed by atoms with Gasteiger partial charge in [-0.05, 0) is 6.42 Å². The number of alkyl halides is 1. The van der Waals surface area contributed by atoms with Gasteiger partial charge in [-0.25, -0.2) is 4.39 Å². The quantitative estimate of drug-likeness (QED) is 0.0461. The van der Waals surface area contributed by atoms with Gasteiger partial charge in [0.15, 0.2) is 0 Å². The molecule has 0 aliphatic heterocycles. The molecule has 0 saturated heterocycles. The molecule has 0 fully saturated rings. The second-order valence-corrected chi connectivity index (χ2v) is 14.0. The molecule has 0 aliphatic rings. The Hall–Kier alpha value is -1.08. The van der Waals surface area contributed by atoms with E-state index in [4.69, 9.17) is 61.6 Å². The molecule has 0 aromatic carbocycles. The fraction of sp³-hybridized carbons (Fsp3) is 0.977. The third kappa shape index (κ3) is 54.9. The van der Waals surface area contributed by atoms with Crippen LogP contribution in [0.4, 0.5) is 4.39 Å². The van der Waals surface area contributed by atoms with Gasteiger partial charge in [-0.3, -0.25) is 4.79 Å². The number of halogens is 1. The molecule has 0 unspecified atom stereocenters. The monoisotopic (exact) mass is 859 g/mol. The number of carbonyl (C=O) groups is 1. The van der Waals surface area contributed by atoms with Gasteiger partial charge in [0.1, 0.15) is 13.3 Å². The third-order valence-corrected chi connectivity index (χ3v) is 8.79. The summed E-state index contributed by atoms with van der Waals surface area (Å²) >= 11 is 0. The molecule has 354 valence electrons. The third-order valence-electron chi connectivity index (χ3n) is 8.79. The molecule has 0 aromatic rings. The lowest BCUT2D eigenvalue weighted by Crippen LogP contribution is -2.15. The van der Waals surface area contributed by atoms with Crippen molar-refractivity contribution >= 4 is 5.97 Å². The fourth-order valence-electron chi connectivity index (χ4n) is 5.50. The topological polar surface area (TPSA) is 137 Å². The molecule has 0 heterocycles. The molecule has 0 saturated carbocycles. The summed E-state index contributed by atoms with van der Waals surface area (Å²) in [6.45, 7) is 13.1. The van der Waals surface area contributed by atoms with Gasteiger partial charge in [-0.2, -0.15) is 0 Å². The molecule has 0 spiro atoms. The van der Waals surface area contributed by atoms with Gasteiger partial charge in [-0.15, -0.1) is 0 Å². The van der Waals surface area contributed by atoms with E-state index in [0.29, 0.717) is 158 Å². The van der Waals surface area contributed by atoms with Crippen molar-refractivity contribution in [1.82, 2.24) is 0 Å². The van der Waals surface area contributed by atoms with Crippen LogP contribution in [0, 0.1) is 0 Å². The van der Waals surface area contributed by atoms with Crippen LogP contribution in [0.25, 0.3) is 0 Å². The van der Waals surface area contributed by atoms with Crippen molar-refractivity contribution in [2.45, 2.75) is 110 Å². The highest BCUT2D eigenvalue weighted by atomic mass is 19.1. The minimum atomic E-state index is -0.478. The second-order valence-electron chi connectivity index (χ2n) is 14.0. The molecule has 0 radical (unpaired) electrons. The highest BCUT2D eigenvalue weighted by Crippen LogP contribution is 2.14. The summed E-state index contributed by atoms with van der Waals surface area (Å²) in [7, 11) is 0. The Morgan fingerprint density at radius 1 is 0.288 bits per heavy atom. The van der Waals surface area contributed by atoms with E-state index in [9.17, 15) is 9.18 Å². The van der Waals surface area contributed by atoms with Crippen molar-refractivity contribution in [3.63, 3.8) is 0 Å². The first-order chi connectivity index (χ1) is 29.3. The zero-order chi connectivity index (χ0) is 42.5. The highest BCUT2D eigenvalue weighted by Gasteiger charge is 2.03. The van der Waals surface area contributed by atoms with Gasteiger partial charge in [0.25, 0.3) is 0 Å². The van der Waals surface area contributed by atoms with E-state index in [0.717, 1.165) is 12.8 Å². The maximum Gasteiger partial charge on any atom is 0.305 e. The molecule has 15 heteroatoms. The van der Waals surface area contributed by atoms with Crippen LogP contribution in [-0.4, -0.2) is 178 Å². The van der Waals surface area contributed by atoms with E-state index in [1.165, 1.54) is 83.5 Å². The number of hydrogen-bond donors (Lipinski definition) is 0. The van der Waals surface area contributed by atoms with E-state index >= 15 is 0 Å². The SMILES string of the molecule is CCCCCCCCCCCCCCCCCC(=O)OCCOCCOCCOCCOCCOCCOCCOCCOCCOCCOCCOCCOCCF. The molecule has 14 nitrogen and oxygen atoms in total. The van der Waals surface area contributed by atoms with Crippen molar-refractivity contribution in [3.8, 4) is 0 Å².